The van der Waals surface area contributed by atoms with Crippen LogP contribution in [-0.2, 0) is 16.9 Å². The van der Waals surface area contributed by atoms with E-state index in [1.807, 2.05) is 30.3 Å². The van der Waals surface area contributed by atoms with Gasteiger partial charge >= 0.3 is 0 Å². The molecule has 0 aliphatic carbocycles. The summed E-state index contributed by atoms with van der Waals surface area (Å²) in [6.45, 7) is 0. The molecule has 0 spiro atoms. The van der Waals surface area contributed by atoms with E-state index in [9.17, 15) is 20.4 Å². The molecule has 0 saturated carbocycles. The van der Waals surface area contributed by atoms with Gasteiger partial charge in [0.1, 0.15) is 24.4 Å². The first-order valence-corrected chi connectivity index (χ1v) is 9.75. The fraction of sp³-hybridized carbons (Fsp3) is 0.318. The minimum atomic E-state index is -2.27. The summed E-state index contributed by atoms with van der Waals surface area (Å²) in [4.78, 5) is 0. The molecular formula is C22H20BrNO5. The Morgan fingerprint density at radius 1 is 1.10 bits per heavy atom. The van der Waals surface area contributed by atoms with Gasteiger partial charge in [0.05, 0.1) is 12.5 Å². The summed E-state index contributed by atoms with van der Waals surface area (Å²) < 4.78 is 6.29. The minimum Gasteiger partial charge on any atom is -0.388 e. The summed E-state index contributed by atoms with van der Waals surface area (Å²) in [5.74, 6) is 0.285. The number of nitriles is 1. The topological polar surface area (TPSA) is 114 Å². The van der Waals surface area contributed by atoms with Gasteiger partial charge in [-0.15, -0.1) is 6.42 Å². The first kappa shape index (κ1) is 21.5. The van der Waals surface area contributed by atoms with Crippen LogP contribution in [0.2, 0.25) is 0 Å². The number of benzene rings is 2. The van der Waals surface area contributed by atoms with Crippen LogP contribution in [0.15, 0.2) is 46.9 Å². The maximum atomic E-state index is 11.1. The molecule has 2 aromatic carbocycles. The van der Waals surface area contributed by atoms with Gasteiger partial charge in [-0.3, -0.25) is 0 Å². The van der Waals surface area contributed by atoms with Gasteiger partial charge in [0.2, 0.25) is 5.79 Å². The fourth-order valence-electron chi connectivity index (χ4n) is 3.37. The van der Waals surface area contributed by atoms with E-state index in [0.29, 0.717) is 6.42 Å². The Morgan fingerprint density at radius 3 is 2.41 bits per heavy atom. The molecule has 3 rings (SSSR count). The van der Waals surface area contributed by atoms with Crippen LogP contribution in [0.5, 0.6) is 0 Å². The molecule has 6 nitrogen and oxygen atoms in total. The Bertz CT molecular complexity index is 965. The molecule has 7 heteroatoms. The maximum absolute atomic E-state index is 11.1. The Kier molecular flexibility index (Phi) is 6.40. The van der Waals surface area contributed by atoms with Crippen molar-refractivity contribution in [2.75, 3.05) is 0 Å². The van der Waals surface area contributed by atoms with Crippen molar-refractivity contribution in [3.8, 4) is 18.4 Å². The van der Waals surface area contributed by atoms with E-state index < -0.39 is 30.2 Å². The number of hydrogen-bond donors (Lipinski definition) is 4. The normalized spacial score (nSPS) is 29.1. The second-order valence-corrected chi connectivity index (χ2v) is 7.82. The smallest absolute Gasteiger partial charge is 0.222 e. The van der Waals surface area contributed by atoms with E-state index in [2.05, 4.69) is 21.9 Å². The van der Waals surface area contributed by atoms with Crippen LogP contribution in [0.1, 0.15) is 28.7 Å². The number of rotatable bonds is 4. The average Bonchev–Trinajstić information content (AvgIpc) is 2.72. The van der Waals surface area contributed by atoms with E-state index >= 15 is 0 Å². The highest BCUT2D eigenvalue weighted by Crippen LogP contribution is 2.38. The SMILES string of the molecule is C#Cc1ccc(Cc2cc([C@]3(O)O[C@H](CC#N)[C@@H](O)[C@H](O)[C@H]3O)ccc2Br)cc1. The van der Waals surface area contributed by atoms with E-state index in [0.717, 1.165) is 21.2 Å². The van der Waals surface area contributed by atoms with Crippen LogP contribution in [0.25, 0.3) is 0 Å². The second-order valence-electron chi connectivity index (χ2n) is 6.97. The van der Waals surface area contributed by atoms with Gasteiger partial charge in [-0.05, 0) is 41.8 Å². The number of ether oxygens (including phenoxy) is 1. The zero-order valence-electron chi connectivity index (χ0n) is 15.4. The van der Waals surface area contributed by atoms with Crippen LogP contribution in [0.3, 0.4) is 0 Å². The van der Waals surface area contributed by atoms with Gasteiger partial charge in [0.25, 0.3) is 0 Å². The highest BCUT2D eigenvalue weighted by molar-refractivity contribution is 9.10. The van der Waals surface area contributed by atoms with Crippen LogP contribution < -0.4 is 0 Å². The van der Waals surface area contributed by atoms with Crippen molar-refractivity contribution in [2.24, 2.45) is 0 Å². The summed E-state index contributed by atoms with van der Waals surface area (Å²) in [6.07, 6.45) is -0.464. The lowest BCUT2D eigenvalue weighted by Crippen LogP contribution is -2.62. The fourth-order valence-corrected chi connectivity index (χ4v) is 3.76. The van der Waals surface area contributed by atoms with Crippen LogP contribution in [0.4, 0.5) is 0 Å². The van der Waals surface area contributed by atoms with Crippen molar-refractivity contribution in [3.63, 3.8) is 0 Å². The van der Waals surface area contributed by atoms with Crippen molar-refractivity contribution in [1.82, 2.24) is 0 Å². The van der Waals surface area contributed by atoms with Crippen LogP contribution >= 0.6 is 15.9 Å². The number of hydrogen-bond acceptors (Lipinski definition) is 6. The Morgan fingerprint density at radius 2 is 1.79 bits per heavy atom. The zero-order valence-corrected chi connectivity index (χ0v) is 17.0. The summed E-state index contributed by atoms with van der Waals surface area (Å²) in [6, 6.07) is 14.2. The van der Waals surface area contributed by atoms with Crippen molar-refractivity contribution >= 4 is 15.9 Å². The lowest BCUT2D eigenvalue weighted by molar-refractivity contribution is -0.353. The number of terminal acetylenes is 1. The van der Waals surface area contributed by atoms with Gasteiger partial charge in [0, 0.05) is 15.6 Å². The largest absolute Gasteiger partial charge is 0.388 e. The first-order valence-electron chi connectivity index (χ1n) is 8.96. The van der Waals surface area contributed by atoms with Gasteiger partial charge in [-0.1, -0.05) is 40.0 Å². The molecule has 0 aromatic heterocycles. The summed E-state index contributed by atoms with van der Waals surface area (Å²) in [5.41, 5.74) is 2.76. The quantitative estimate of drug-likeness (QED) is 0.518. The predicted octanol–water partition coefficient (Wildman–Crippen LogP) is 1.56. The molecule has 0 amide bonds. The molecule has 29 heavy (non-hydrogen) atoms. The molecule has 1 aliphatic rings. The lowest BCUT2D eigenvalue weighted by Gasteiger charge is -2.45. The molecular weight excluding hydrogens is 438 g/mol. The zero-order chi connectivity index (χ0) is 21.2. The second kappa shape index (κ2) is 8.64. The third-order valence-electron chi connectivity index (χ3n) is 5.05. The molecule has 150 valence electrons. The van der Waals surface area contributed by atoms with E-state index in [-0.39, 0.29) is 12.0 Å². The average molecular weight is 458 g/mol. The third kappa shape index (κ3) is 4.22. The summed E-state index contributed by atoms with van der Waals surface area (Å²) in [5, 5.41) is 50.6. The van der Waals surface area contributed by atoms with Crippen molar-refractivity contribution in [1.29, 1.82) is 5.26 Å². The summed E-state index contributed by atoms with van der Waals surface area (Å²) >= 11 is 3.48. The monoisotopic (exact) mass is 457 g/mol. The standard InChI is InChI=1S/C22H20BrNO5/c1-2-13-3-5-14(6-4-13)11-15-12-16(7-8-17(15)23)22(28)21(27)20(26)19(25)18(29-22)9-10-24/h1,3-8,12,18-21,25-28H,9,11H2/t18-,19-,20+,21-,22+/m1/s1. The molecule has 4 N–H and O–H groups in total. The maximum Gasteiger partial charge on any atom is 0.222 e. The molecule has 0 bridgehead atoms. The van der Waals surface area contributed by atoms with Gasteiger partial charge < -0.3 is 25.2 Å². The first-order chi connectivity index (χ1) is 13.8. The Balaban J connectivity index is 1.94. The number of aliphatic hydroxyl groups excluding tert-OH is 3. The highest BCUT2D eigenvalue weighted by atomic mass is 79.9. The molecule has 2 aromatic rings. The van der Waals surface area contributed by atoms with Gasteiger partial charge in [0.15, 0.2) is 0 Å². The van der Waals surface area contributed by atoms with E-state index in [1.165, 1.54) is 0 Å². The molecule has 1 saturated heterocycles. The Labute approximate surface area is 177 Å². The van der Waals surface area contributed by atoms with E-state index in [4.69, 9.17) is 16.4 Å². The van der Waals surface area contributed by atoms with Crippen molar-refractivity contribution in [3.05, 3.63) is 69.2 Å². The molecule has 0 radical (unpaired) electrons. The molecule has 1 fully saturated rings. The molecule has 1 heterocycles. The minimum absolute atomic E-state index is 0.206. The highest BCUT2D eigenvalue weighted by Gasteiger charge is 2.53. The van der Waals surface area contributed by atoms with Gasteiger partial charge in [-0.2, -0.15) is 5.26 Å². The van der Waals surface area contributed by atoms with Crippen molar-refractivity contribution in [2.45, 2.75) is 43.0 Å². The Hall–Kier alpha value is -2.23. The molecule has 0 unspecified atom stereocenters. The predicted molar refractivity (Wildman–Crippen MR) is 108 cm³/mol. The number of aliphatic hydroxyl groups is 4. The lowest BCUT2D eigenvalue weighted by atomic mass is 9.86. The molecule has 1 aliphatic heterocycles. The summed E-state index contributed by atoms with van der Waals surface area (Å²) in [7, 11) is 0. The third-order valence-corrected chi connectivity index (χ3v) is 5.83. The van der Waals surface area contributed by atoms with Crippen LogP contribution in [-0.4, -0.2) is 44.8 Å². The number of nitrogens with zero attached hydrogens (tertiary/aromatic N) is 1. The van der Waals surface area contributed by atoms with E-state index in [1.54, 1.807) is 18.2 Å². The molecule has 5 atom stereocenters. The van der Waals surface area contributed by atoms with Gasteiger partial charge in [-0.25, -0.2) is 0 Å². The van der Waals surface area contributed by atoms with Crippen molar-refractivity contribution < 1.29 is 25.2 Å². The number of halogens is 1. The van der Waals surface area contributed by atoms with Crippen LogP contribution in [0, 0.1) is 23.7 Å².